The van der Waals surface area contributed by atoms with Gasteiger partial charge in [0.2, 0.25) is 0 Å². The fourth-order valence-corrected chi connectivity index (χ4v) is 3.90. The zero-order valence-corrected chi connectivity index (χ0v) is 15.5. The van der Waals surface area contributed by atoms with Crippen LogP contribution < -0.4 is 15.4 Å². The summed E-state index contributed by atoms with van der Waals surface area (Å²) < 4.78 is 5.46. The molecule has 3 unspecified atom stereocenters. The van der Waals surface area contributed by atoms with Crippen molar-refractivity contribution in [3.8, 4) is 5.75 Å². The Kier molecular flexibility index (Phi) is 7.09. The molecule has 1 aliphatic rings. The molecule has 128 valence electrons. The molecule has 23 heavy (non-hydrogen) atoms. The highest BCUT2D eigenvalue weighted by atomic mass is 32.2. The highest BCUT2D eigenvalue weighted by Gasteiger charge is 2.24. The van der Waals surface area contributed by atoms with Crippen LogP contribution in [0.1, 0.15) is 37.7 Å². The molecule has 2 N–H and O–H groups in total. The molecule has 2 rings (SSSR count). The van der Waals surface area contributed by atoms with Gasteiger partial charge < -0.3 is 15.4 Å². The lowest BCUT2D eigenvalue weighted by atomic mass is 10.0. The summed E-state index contributed by atoms with van der Waals surface area (Å²) in [4.78, 5) is 4.37. The van der Waals surface area contributed by atoms with Crippen molar-refractivity contribution in [2.45, 2.75) is 43.4 Å². The first-order valence-electron chi connectivity index (χ1n) is 8.30. The van der Waals surface area contributed by atoms with Gasteiger partial charge >= 0.3 is 0 Å². The predicted molar refractivity (Wildman–Crippen MR) is 101 cm³/mol. The number of methoxy groups -OCH3 is 1. The van der Waals surface area contributed by atoms with E-state index in [4.69, 9.17) is 4.74 Å². The van der Waals surface area contributed by atoms with Crippen molar-refractivity contribution in [1.82, 2.24) is 10.6 Å². The first kappa shape index (κ1) is 18.0. The van der Waals surface area contributed by atoms with E-state index >= 15 is 0 Å². The van der Waals surface area contributed by atoms with Gasteiger partial charge in [-0.1, -0.05) is 25.1 Å². The summed E-state index contributed by atoms with van der Waals surface area (Å²) in [5, 5.41) is 7.80. The molecule has 0 heterocycles. The average molecular weight is 336 g/mol. The third kappa shape index (κ3) is 5.06. The Balaban J connectivity index is 1.85. The second-order valence-electron chi connectivity index (χ2n) is 6.11. The normalized spacial score (nSPS) is 22.7. The minimum absolute atomic E-state index is 0.354. The van der Waals surface area contributed by atoms with Gasteiger partial charge in [0, 0.05) is 30.8 Å². The third-order valence-corrected chi connectivity index (χ3v) is 5.62. The standard InChI is InChI=1S/C18H29N3OS/c1-13(16-7-5-6-8-17(16)22-3)12-20-18(19-2)21-14-9-10-15(11-14)23-4/h5-8,13-15H,9-12H2,1-4H3,(H2,19,20,21). The second kappa shape index (κ2) is 9.06. The molecule has 0 bridgehead atoms. The minimum atomic E-state index is 0.354. The van der Waals surface area contributed by atoms with Crippen LogP contribution in [0.4, 0.5) is 0 Å². The molecule has 1 aromatic rings. The summed E-state index contributed by atoms with van der Waals surface area (Å²) in [6.45, 7) is 3.04. The lowest BCUT2D eigenvalue weighted by molar-refractivity contribution is 0.406. The summed E-state index contributed by atoms with van der Waals surface area (Å²) in [5.41, 5.74) is 1.22. The van der Waals surface area contributed by atoms with Gasteiger partial charge in [0.15, 0.2) is 5.96 Å². The van der Waals surface area contributed by atoms with E-state index in [0.717, 1.165) is 23.5 Å². The third-order valence-electron chi connectivity index (χ3n) is 4.53. The molecule has 0 saturated heterocycles. The number of hydrogen-bond donors (Lipinski definition) is 2. The van der Waals surface area contributed by atoms with Crippen LogP contribution in [0.15, 0.2) is 29.3 Å². The van der Waals surface area contributed by atoms with Crippen molar-refractivity contribution in [2.75, 3.05) is 27.0 Å². The summed E-state index contributed by atoms with van der Waals surface area (Å²) in [6, 6.07) is 8.75. The van der Waals surface area contributed by atoms with E-state index in [-0.39, 0.29) is 0 Å². The number of ether oxygens (including phenoxy) is 1. The monoisotopic (exact) mass is 335 g/mol. The molecule has 4 nitrogen and oxygen atoms in total. The Hall–Kier alpha value is -1.36. The summed E-state index contributed by atoms with van der Waals surface area (Å²) >= 11 is 1.98. The van der Waals surface area contributed by atoms with Crippen LogP contribution in [0.25, 0.3) is 0 Å². The average Bonchev–Trinajstić information content (AvgIpc) is 3.05. The summed E-state index contributed by atoms with van der Waals surface area (Å²) in [5.74, 6) is 2.20. The van der Waals surface area contributed by atoms with Crippen molar-refractivity contribution in [3.05, 3.63) is 29.8 Å². The molecule has 0 spiro atoms. The van der Waals surface area contributed by atoms with E-state index in [1.807, 2.05) is 30.9 Å². The molecule has 1 fully saturated rings. The maximum atomic E-state index is 5.46. The molecular weight excluding hydrogens is 306 g/mol. The first-order valence-corrected chi connectivity index (χ1v) is 9.59. The number of benzene rings is 1. The Bertz CT molecular complexity index is 521. The molecule has 0 amide bonds. The van der Waals surface area contributed by atoms with E-state index in [2.05, 4.69) is 40.9 Å². The topological polar surface area (TPSA) is 45.7 Å². The summed E-state index contributed by atoms with van der Waals surface area (Å²) in [7, 11) is 3.56. The van der Waals surface area contributed by atoms with Crippen LogP contribution in [0, 0.1) is 0 Å². The van der Waals surface area contributed by atoms with Crippen LogP contribution in [0.5, 0.6) is 5.75 Å². The number of hydrogen-bond acceptors (Lipinski definition) is 3. The van der Waals surface area contributed by atoms with E-state index in [1.54, 1.807) is 7.11 Å². The number of thioether (sulfide) groups is 1. The van der Waals surface area contributed by atoms with E-state index in [9.17, 15) is 0 Å². The molecule has 3 atom stereocenters. The zero-order chi connectivity index (χ0) is 16.7. The van der Waals surface area contributed by atoms with Crippen molar-refractivity contribution in [1.29, 1.82) is 0 Å². The van der Waals surface area contributed by atoms with Gasteiger partial charge in [0.25, 0.3) is 0 Å². The SMILES string of the molecule is CN=C(NCC(C)c1ccccc1OC)NC1CCC(SC)C1. The van der Waals surface area contributed by atoms with Crippen LogP contribution in [-0.4, -0.2) is 44.2 Å². The van der Waals surface area contributed by atoms with Crippen LogP contribution in [-0.2, 0) is 0 Å². The van der Waals surface area contributed by atoms with Crippen molar-refractivity contribution >= 4 is 17.7 Å². The first-order chi connectivity index (χ1) is 11.2. The molecular formula is C18H29N3OS. The highest BCUT2D eigenvalue weighted by molar-refractivity contribution is 7.99. The van der Waals surface area contributed by atoms with Crippen molar-refractivity contribution < 1.29 is 4.74 Å². The fraction of sp³-hybridized carbons (Fsp3) is 0.611. The fourth-order valence-electron chi connectivity index (χ4n) is 3.11. The molecule has 0 aromatic heterocycles. The van der Waals surface area contributed by atoms with Gasteiger partial charge in [-0.05, 0) is 37.1 Å². The van der Waals surface area contributed by atoms with Gasteiger partial charge in [-0.25, -0.2) is 0 Å². The largest absolute Gasteiger partial charge is 0.496 e. The molecule has 1 aromatic carbocycles. The summed E-state index contributed by atoms with van der Waals surface area (Å²) in [6.07, 6.45) is 5.96. The quantitative estimate of drug-likeness (QED) is 0.619. The maximum Gasteiger partial charge on any atom is 0.191 e. The van der Waals surface area contributed by atoms with Crippen molar-refractivity contribution in [2.24, 2.45) is 4.99 Å². The van der Waals surface area contributed by atoms with E-state index < -0.39 is 0 Å². The number of guanidine groups is 1. The van der Waals surface area contributed by atoms with Crippen molar-refractivity contribution in [3.63, 3.8) is 0 Å². The van der Waals surface area contributed by atoms with Crippen LogP contribution in [0.2, 0.25) is 0 Å². The van der Waals surface area contributed by atoms with Gasteiger partial charge in [-0.2, -0.15) is 11.8 Å². The number of nitrogens with zero attached hydrogens (tertiary/aromatic N) is 1. The van der Waals surface area contributed by atoms with Gasteiger partial charge in [0.1, 0.15) is 5.75 Å². The Morgan fingerprint density at radius 1 is 1.39 bits per heavy atom. The Labute approximate surface area is 144 Å². The zero-order valence-electron chi connectivity index (χ0n) is 14.6. The minimum Gasteiger partial charge on any atom is -0.496 e. The molecule has 0 aliphatic heterocycles. The Morgan fingerprint density at radius 2 is 2.17 bits per heavy atom. The lowest BCUT2D eigenvalue weighted by Gasteiger charge is -2.20. The molecule has 5 heteroatoms. The lowest BCUT2D eigenvalue weighted by Crippen LogP contribution is -2.43. The Morgan fingerprint density at radius 3 is 2.83 bits per heavy atom. The van der Waals surface area contributed by atoms with Gasteiger partial charge in [0.05, 0.1) is 7.11 Å². The predicted octanol–water partition coefficient (Wildman–Crippen LogP) is 3.25. The van der Waals surface area contributed by atoms with E-state index in [1.165, 1.54) is 24.8 Å². The van der Waals surface area contributed by atoms with E-state index in [0.29, 0.717) is 12.0 Å². The van der Waals surface area contributed by atoms with Gasteiger partial charge in [-0.3, -0.25) is 4.99 Å². The molecule has 1 aliphatic carbocycles. The van der Waals surface area contributed by atoms with Gasteiger partial charge in [-0.15, -0.1) is 0 Å². The number of para-hydroxylation sites is 1. The number of rotatable bonds is 6. The maximum absolute atomic E-state index is 5.46. The molecule has 1 saturated carbocycles. The smallest absolute Gasteiger partial charge is 0.191 e. The van der Waals surface area contributed by atoms with Crippen LogP contribution >= 0.6 is 11.8 Å². The highest BCUT2D eigenvalue weighted by Crippen LogP contribution is 2.28. The molecule has 0 radical (unpaired) electrons. The number of aliphatic imine (C=N–C) groups is 1. The second-order valence-corrected chi connectivity index (χ2v) is 7.25. The number of nitrogens with one attached hydrogen (secondary N) is 2. The van der Waals surface area contributed by atoms with Crippen LogP contribution in [0.3, 0.4) is 0 Å².